The van der Waals surface area contributed by atoms with Crippen LogP contribution in [0.15, 0.2) is 45.8 Å². The van der Waals surface area contributed by atoms with Crippen molar-refractivity contribution in [3.8, 4) is 5.75 Å². The molecule has 0 saturated carbocycles. The number of aliphatic hydroxyl groups is 1. The van der Waals surface area contributed by atoms with Gasteiger partial charge in [-0.1, -0.05) is 36.3 Å². The van der Waals surface area contributed by atoms with Crippen molar-refractivity contribution in [3.05, 3.63) is 80.6 Å². The van der Waals surface area contributed by atoms with Crippen molar-refractivity contribution in [1.29, 1.82) is 0 Å². The van der Waals surface area contributed by atoms with E-state index in [1.165, 1.54) is 46.0 Å². The Morgan fingerprint density at radius 3 is 2.58 bits per heavy atom. The van der Waals surface area contributed by atoms with Gasteiger partial charge in [-0.3, -0.25) is 14.9 Å². The number of pyridine rings is 1. The van der Waals surface area contributed by atoms with Gasteiger partial charge >= 0.3 is 0 Å². The highest BCUT2D eigenvalue weighted by atomic mass is 19.3. The van der Waals surface area contributed by atoms with E-state index in [4.69, 9.17) is 4.52 Å². The maximum absolute atomic E-state index is 13.3. The second-order valence-corrected chi connectivity index (χ2v) is 7.62. The van der Waals surface area contributed by atoms with Crippen LogP contribution in [0.1, 0.15) is 58.1 Å². The maximum Gasteiger partial charge on any atom is 0.293 e. The Labute approximate surface area is 186 Å². The molecule has 3 N–H and O–H groups in total. The first kappa shape index (κ1) is 22.6. The molecule has 1 aliphatic heterocycles. The van der Waals surface area contributed by atoms with Crippen LogP contribution in [-0.2, 0) is 19.6 Å². The summed E-state index contributed by atoms with van der Waals surface area (Å²) in [5.74, 6) is -0.857. The summed E-state index contributed by atoms with van der Waals surface area (Å²) in [5, 5.41) is 27.5. The van der Waals surface area contributed by atoms with Crippen molar-refractivity contribution in [3.63, 3.8) is 0 Å². The SMILES string of the molecule is CCNC(O)c1c(O)c2c(n(Cc3ccc(C(F)F)cc3)c1=O)CN(C(=O)c1ccno1)C2. The Balaban J connectivity index is 1.77. The number of hydrogen-bond donors (Lipinski definition) is 3. The van der Waals surface area contributed by atoms with Crippen LogP contribution >= 0.6 is 0 Å². The van der Waals surface area contributed by atoms with E-state index < -0.39 is 24.1 Å². The minimum Gasteiger partial charge on any atom is -0.507 e. The predicted octanol–water partition coefficient (Wildman–Crippen LogP) is 2.28. The fourth-order valence-electron chi connectivity index (χ4n) is 3.89. The van der Waals surface area contributed by atoms with Crippen molar-refractivity contribution < 1.29 is 28.3 Å². The Hall–Kier alpha value is -3.57. The van der Waals surface area contributed by atoms with Crippen molar-refractivity contribution in [2.75, 3.05) is 6.54 Å². The highest BCUT2D eigenvalue weighted by Gasteiger charge is 2.34. The second kappa shape index (κ2) is 9.12. The van der Waals surface area contributed by atoms with Crippen LogP contribution < -0.4 is 10.9 Å². The molecule has 1 unspecified atom stereocenters. The number of benzene rings is 1. The number of nitrogens with one attached hydrogen (secondary N) is 1. The minimum absolute atomic E-state index is 0.00114. The summed E-state index contributed by atoms with van der Waals surface area (Å²) in [6.07, 6.45) is -2.71. The molecule has 0 aliphatic carbocycles. The van der Waals surface area contributed by atoms with Crippen molar-refractivity contribution >= 4 is 5.91 Å². The maximum atomic E-state index is 13.3. The monoisotopic (exact) mass is 460 g/mol. The van der Waals surface area contributed by atoms with Gasteiger partial charge < -0.3 is 24.2 Å². The molecule has 3 aromatic rings. The van der Waals surface area contributed by atoms with Gasteiger partial charge in [-0.05, 0) is 12.1 Å². The molecule has 11 heteroatoms. The molecule has 174 valence electrons. The Morgan fingerprint density at radius 1 is 1.24 bits per heavy atom. The van der Waals surface area contributed by atoms with Gasteiger partial charge in [-0.15, -0.1) is 0 Å². The first-order valence-electron chi connectivity index (χ1n) is 10.3. The number of nitrogens with zero attached hydrogens (tertiary/aromatic N) is 3. The van der Waals surface area contributed by atoms with Crippen LogP contribution in [0.3, 0.4) is 0 Å². The van der Waals surface area contributed by atoms with E-state index >= 15 is 0 Å². The Bertz CT molecular complexity index is 1210. The first-order chi connectivity index (χ1) is 15.8. The van der Waals surface area contributed by atoms with Crippen LogP contribution in [0.25, 0.3) is 0 Å². The number of carbonyl (C=O) groups excluding carboxylic acids is 1. The lowest BCUT2D eigenvalue weighted by Crippen LogP contribution is -2.33. The van der Waals surface area contributed by atoms with E-state index in [-0.39, 0.29) is 42.3 Å². The van der Waals surface area contributed by atoms with Crippen LogP contribution in [0.2, 0.25) is 0 Å². The number of halogens is 2. The number of aromatic hydroxyl groups is 1. The molecule has 33 heavy (non-hydrogen) atoms. The van der Waals surface area contributed by atoms with Gasteiger partial charge in [0, 0.05) is 22.9 Å². The molecule has 0 saturated heterocycles. The van der Waals surface area contributed by atoms with Crippen molar-refractivity contribution in [1.82, 2.24) is 19.9 Å². The molecule has 1 atom stereocenters. The lowest BCUT2D eigenvalue weighted by atomic mass is 10.1. The van der Waals surface area contributed by atoms with Gasteiger partial charge in [-0.25, -0.2) is 8.78 Å². The van der Waals surface area contributed by atoms with Crippen LogP contribution in [0.4, 0.5) is 8.78 Å². The fraction of sp³-hybridized carbons (Fsp3) is 0.318. The molecule has 1 aromatic carbocycles. The molecule has 0 spiro atoms. The van der Waals surface area contributed by atoms with Crippen LogP contribution in [0.5, 0.6) is 5.75 Å². The summed E-state index contributed by atoms with van der Waals surface area (Å²) in [5.41, 5.74) is 0.238. The lowest BCUT2D eigenvalue weighted by Gasteiger charge is -2.19. The topological polar surface area (TPSA) is 121 Å². The number of alkyl halides is 2. The number of amides is 1. The molecule has 0 fully saturated rings. The third-order valence-electron chi connectivity index (χ3n) is 5.56. The predicted molar refractivity (Wildman–Crippen MR) is 112 cm³/mol. The van der Waals surface area contributed by atoms with Gasteiger partial charge in [0.15, 0.2) is 0 Å². The summed E-state index contributed by atoms with van der Waals surface area (Å²) in [4.78, 5) is 27.4. The number of aromatic nitrogens is 2. The molecular weight excluding hydrogens is 438 g/mol. The third-order valence-corrected chi connectivity index (χ3v) is 5.56. The van der Waals surface area contributed by atoms with E-state index in [0.29, 0.717) is 23.4 Å². The summed E-state index contributed by atoms with van der Waals surface area (Å²) < 4.78 is 32.1. The average molecular weight is 460 g/mol. The summed E-state index contributed by atoms with van der Waals surface area (Å²) >= 11 is 0. The molecule has 3 heterocycles. The number of carbonyl (C=O) groups is 1. The third kappa shape index (κ3) is 4.24. The molecule has 1 aliphatic rings. The van der Waals surface area contributed by atoms with E-state index in [9.17, 15) is 28.6 Å². The van der Waals surface area contributed by atoms with Crippen molar-refractivity contribution in [2.45, 2.75) is 39.2 Å². The van der Waals surface area contributed by atoms with Gasteiger partial charge in [0.25, 0.3) is 17.9 Å². The second-order valence-electron chi connectivity index (χ2n) is 7.62. The van der Waals surface area contributed by atoms with Gasteiger partial charge in [0.1, 0.15) is 17.5 Å². The molecule has 9 nitrogen and oxygen atoms in total. The molecule has 2 aromatic heterocycles. The smallest absolute Gasteiger partial charge is 0.293 e. The van der Waals surface area contributed by atoms with E-state index in [2.05, 4.69) is 10.5 Å². The van der Waals surface area contributed by atoms with Crippen molar-refractivity contribution in [2.24, 2.45) is 0 Å². The number of fused-ring (bicyclic) bond motifs is 1. The van der Waals surface area contributed by atoms with E-state index in [1.54, 1.807) is 6.92 Å². The molecule has 1 amide bonds. The molecule has 0 radical (unpaired) electrons. The van der Waals surface area contributed by atoms with Gasteiger partial charge in [0.2, 0.25) is 5.76 Å². The highest BCUT2D eigenvalue weighted by Crippen LogP contribution is 2.34. The summed E-state index contributed by atoms with van der Waals surface area (Å²) in [6.45, 7) is 2.06. The number of rotatable bonds is 7. The van der Waals surface area contributed by atoms with E-state index in [0.717, 1.165) is 0 Å². The number of aliphatic hydroxyl groups excluding tert-OH is 1. The highest BCUT2D eigenvalue weighted by molar-refractivity contribution is 5.91. The molecule has 0 bridgehead atoms. The van der Waals surface area contributed by atoms with E-state index in [1.807, 2.05) is 0 Å². The summed E-state index contributed by atoms with van der Waals surface area (Å²) in [6, 6.07) is 6.93. The number of hydrogen-bond acceptors (Lipinski definition) is 7. The summed E-state index contributed by atoms with van der Waals surface area (Å²) in [7, 11) is 0. The Kier molecular flexibility index (Phi) is 6.25. The fourth-order valence-corrected chi connectivity index (χ4v) is 3.89. The van der Waals surface area contributed by atoms with Crippen LogP contribution in [0, 0.1) is 0 Å². The average Bonchev–Trinajstić information content (AvgIpc) is 3.47. The largest absolute Gasteiger partial charge is 0.507 e. The minimum atomic E-state index is -2.61. The Morgan fingerprint density at radius 2 is 1.97 bits per heavy atom. The quantitative estimate of drug-likeness (QED) is 0.463. The standard InChI is InChI=1S/C22H22F2N4O5/c1-2-25-20(30)17-18(29)14-10-27(21(31)16-7-8-26-33-16)11-15(14)28(22(17)32)9-12-3-5-13(6-4-12)19(23)24/h3-8,19-20,25,29-30H,2,9-11H2,1H3. The van der Waals surface area contributed by atoms with Gasteiger partial charge in [0.05, 0.1) is 25.8 Å². The zero-order chi connectivity index (χ0) is 23.7. The van der Waals surface area contributed by atoms with Crippen LogP contribution in [-0.4, -0.2) is 37.3 Å². The molecular formula is C22H22F2N4O5. The molecule has 4 rings (SSSR count). The first-order valence-corrected chi connectivity index (χ1v) is 10.3. The lowest BCUT2D eigenvalue weighted by molar-refractivity contribution is 0.0707. The normalized spacial score (nSPS) is 14.0. The zero-order valence-electron chi connectivity index (χ0n) is 17.7. The van der Waals surface area contributed by atoms with Gasteiger partial charge in [-0.2, -0.15) is 0 Å². The zero-order valence-corrected chi connectivity index (χ0v) is 17.7.